The van der Waals surface area contributed by atoms with Gasteiger partial charge in [0.1, 0.15) is 11.5 Å². The van der Waals surface area contributed by atoms with Crippen molar-refractivity contribution >= 4 is 17.6 Å². The van der Waals surface area contributed by atoms with Crippen molar-refractivity contribution in [2.45, 2.75) is 95.1 Å². The second-order valence-corrected chi connectivity index (χ2v) is 13.5. The van der Waals surface area contributed by atoms with Crippen LogP contribution in [0.1, 0.15) is 101 Å². The topological polar surface area (TPSA) is 85.5 Å². The maximum atomic E-state index is 14.5. The molecule has 6 fully saturated rings. The molecule has 6 saturated carbocycles. The van der Waals surface area contributed by atoms with Crippen molar-refractivity contribution in [3.63, 3.8) is 0 Å². The molecule has 9 heteroatoms. The number of hydrogen-bond acceptors (Lipinski definition) is 6. The summed E-state index contributed by atoms with van der Waals surface area (Å²) in [6, 6.07) is 4.14. The van der Waals surface area contributed by atoms with E-state index < -0.39 is 22.9 Å². The molecule has 0 radical (unpaired) electrons. The molecule has 0 saturated heterocycles. The van der Waals surface area contributed by atoms with Gasteiger partial charge in [0.2, 0.25) is 11.8 Å². The predicted molar refractivity (Wildman–Crippen MR) is 135 cm³/mol. The third-order valence-electron chi connectivity index (χ3n) is 9.78. The zero-order chi connectivity index (χ0) is 27.1. The van der Waals surface area contributed by atoms with Crippen LogP contribution in [0.4, 0.5) is 14.5 Å². The fourth-order valence-corrected chi connectivity index (χ4v) is 7.31. The number of esters is 1. The highest BCUT2D eigenvalue weighted by atomic mass is 19.1. The van der Waals surface area contributed by atoms with Gasteiger partial charge in [-0.05, 0) is 81.4 Å². The van der Waals surface area contributed by atoms with Gasteiger partial charge in [0, 0.05) is 23.1 Å². The van der Waals surface area contributed by atoms with Gasteiger partial charge in [0.05, 0.1) is 18.1 Å². The maximum Gasteiger partial charge on any atom is 0.340 e. The minimum absolute atomic E-state index is 0.122. The molecule has 38 heavy (non-hydrogen) atoms. The Kier molecular flexibility index (Phi) is 5.41. The summed E-state index contributed by atoms with van der Waals surface area (Å²) in [6.07, 6.45) is 6.03. The molecule has 0 spiro atoms. The first-order valence-electron chi connectivity index (χ1n) is 13.6. The lowest BCUT2D eigenvalue weighted by atomic mass is 9.41. The molecule has 1 aromatic carbocycles. The first-order chi connectivity index (χ1) is 17.8. The standard InChI is InChI=1S/C29H35F2N3O4/c1-25(2,3)22-32-23(38-33-22)27-10-7-26(8-11-27,9-12-27)17-34(24(36)28-14-29(31,15-28)16-28)18-5-6-20(30)19(13-18)21(35)37-4/h5-6,13H,7-12,14-17H2,1-4H3. The lowest BCUT2D eigenvalue weighted by molar-refractivity contribution is -0.211. The Bertz CT molecular complexity index is 1270. The zero-order valence-corrected chi connectivity index (χ0v) is 22.5. The predicted octanol–water partition coefficient (Wildman–Crippen LogP) is 5.81. The third-order valence-corrected chi connectivity index (χ3v) is 9.78. The number of anilines is 1. The highest BCUT2D eigenvalue weighted by molar-refractivity contribution is 6.01. The normalized spacial score (nSPS) is 33.3. The van der Waals surface area contributed by atoms with E-state index in [1.807, 2.05) is 0 Å². The molecule has 8 rings (SSSR count). The van der Waals surface area contributed by atoms with Crippen LogP contribution in [-0.4, -0.2) is 41.3 Å². The summed E-state index contributed by atoms with van der Waals surface area (Å²) < 4.78 is 39.4. The van der Waals surface area contributed by atoms with Crippen LogP contribution in [0.15, 0.2) is 22.7 Å². The zero-order valence-electron chi connectivity index (χ0n) is 22.5. The first kappa shape index (κ1) is 25.4. The van der Waals surface area contributed by atoms with Crippen LogP contribution in [0.25, 0.3) is 0 Å². The van der Waals surface area contributed by atoms with Crippen LogP contribution >= 0.6 is 0 Å². The largest absolute Gasteiger partial charge is 0.465 e. The van der Waals surface area contributed by atoms with Crippen molar-refractivity contribution in [1.29, 1.82) is 0 Å². The summed E-state index contributed by atoms with van der Waals surface area (Å²) in [5.74, 6) is -0.191. The highest BCUT2D eigenvalue weighted by Gasteiger charge is 2.73. The minimum atomic E-state index is -1.22. The van der Waals surface area contributed by atoms with Gasteiger partial charge >= 0.3 is 5.97 Å². The number of methoxy groups -OCH3 is 1. The van der Waals surface area contributed by atoms with E-state index in [1.165, 1.54) is 25.3 Å². The van der Waals surface area contributed by atoms with Gasteiger partial charge in [-0.15, -0.1) is 0 Å². The second-order valence-electron chi connectivity index (χ2n) is 13.5. The number of alkyl halides is 1. The molecule has 0 aliphatic heterocycles. The van der Waals surface area contributed by atoms with E-state index in [4.69, 9.17) is 14.2 Å². The van der Waals surface area contributed by atoms with Crippen LogP contribution < -0.4 is 4.90 Å². The Morgan fingerprint density at radius 3 is 2.24 bits per heavy atom. The summed E-state index contributed by atoms with van der Waals surface area (Å²) in [5, 5.41) is 4.25. The summed E-state index contributed by atoms with van der Waals surface area (Å²) in [7, 11) is 1.20. The number of amides is 1. The number of aromatic nitrogens is 2. The molecule has 1 aromatic heterocycles. The highest BCUT2D eigenvalue weighted by Crippen LogP contribution is 2.70. The van der Waals surface area contributed by atoms with Crippen molar-refractivity contribution in [1.82, 2.24) is 10.1 Å². The number of carbonyl (C=O) groups excluding carboxylic acids is 2. The molecule has 2 aromatic rings. The Labute approximate surface area is 221 Å². The molecule has 0 unspecified atom stereocenters. The molecule has 1 amide bonds. The second kappa shape index (κ2) is 8.09. The number of benzene rings is 1. The van der Waals surface area contributed by atoms with Crippen LogP contribution in [0.5, 0.6) is 0 Å². The van der Waals surface area contributed by atoms with Crippen LogP contribution in [0, 0.1) is 16.6 Å². The van der Waals surface area contributed by atoms with Gasteiger partial charge in [0.15, 0.2) is 5.82 Å². The van der Waals surface area contributed by atoms with Crippen molar-refractivity contribution in [2.24, 2.45) is 10.8 Å². The van der Waals surface area contributed by atoms with E-state index >= 15 is 0 Å². The molecule has 1 heterocycles. The SMILES string of the molecule is COC(=O)c1cc(N(CC23CCC(c4nc(C(C)(C)C)no4)(CC2)CC3)C(=O)C23CC(F)(C2)C3)ccc1F. The molecule has 6 aliphatic rings. The van der Waals surface area contributed by atoms with Gasteiger partial charge in [-0.2, -0.15) is 4.98 Å². The van der Waals surface area contributed by atoms with Gasteiger partial charge in [-0.3, -0.25) is 4.79 Å². The minimum Gasteiger partial charge on any atom is -0.465 e. The van der Waals surface area contributed by atoms with Crippen LogP contribution in [-0.2, 0) is 20.4 Å². The lowest BCUT2D eigenvalue weighted by Gasteiger charge is -2.65. The van der Waals surface area contributed by atoms with E-state index in [-0.39, 0.29) is 47.0 Å². The Hall–Kier alpha value is -2.84. The van der Waals surface area contributed by atoms with Crippen molar-refractivity contribution in [2.75, 3.05) is 18.6 Å². The van der Waals surface area contributed by atoms with E-state index in [1.54, 1.807) is 4.90 Å². The van der Waals surface area contributed by atoms with E-state index in [2.05, 4.69) is 25.9 Å². The lowest BCUT2D eigenvalue weighted by Crippen LogP contribution is -2.71. The first-order valence-corrected chi connectivity index (χ1v) is 13.6. The van der Waals surface area contributed by atoms with E-state index in [0.717, 1.165) is 38.5 Å². The van der Waals surface area contributed by atoms with Gasteiger partial charge in [-0.1, -0.05) is 25.9 Å². The fraction of sp³-hybridized carbons (Fsp3) is 0.655. The van der Waals surface area contributed by atoms with Gasteiger partial charge < -0.3 is 14.2 Å². The number of fused-ring (bicyclic) bond motifs is 3. The molecular formula is C29H35F2N3O4. The Balaban J connectivity index is 1.27. The summed E-state index contributed by atoms with van der Waals surface area (Å²) in [5.41, 5.74) is -2.12. The molecule has 4 bridgehead atoms. The van der Waals surface area contributed by atoms with E-state index in [9.17, 15) is 18.4 Å². The van der Waals surface area contributed by atoms with E-state index in [0.29, 0.717) is 23.9 Å². The molecule has 7 nitrogen and oxygen atoms in total. The summed E-state index contributed by atoms with van der Waals surface area (Å²) in [6.45, 7) is 6.65. The average Bonchev–Trinajstić information content (AvgIpc) is 3.38. The van der Waals surface area contributed by atoms with Crippen molar-refractivity contribution < 1.29 is 27.6 Å². The molecule has 0 atom stereocenters. The smallest absolute Gasteiger partial charge is 0.340 e. The molecule has 204 valence electrons. The van der Waals surface area contributed by atoms with Crippen molar-refractivity contribution in [3.05, 3.63) is 41.3 Å². The monoisotopic (exact) mass is 527 g/mol. The number of ether oxygens (including phenoxy) is 1. The number of rotatable bonds is 6. The summed E-state index contributed by atoms with van der Waals surface area (Å²) >= 11 is 0. The number of halogens is 2. The Morgan fingerprint density at radius 2 is 1.71 bits per heavy atom. The summed E-state index contributed by atoms with van der Waals surface area (Å²) in [4.78, 5) is 32.6. The van der Waals surface area contributed by atoms with Crippen molar-refractivity contribution in [3.8, 4) is 0 Å². The number of nitrogens with zero attached hydrogens (tertiary/aromatic N) is 3. The fourth-order valence-electron chi connectivity index (χ4n) is 7.31. The Morgan fingerprint density at radius 1 is 1.08 bits per heavy atom. The average molecular weight is 528 g/mol. The van der Waals surface area contributed by atoms with Gasteiger partial charge in [-0.25, -0.2) is 13.6 Å². The number of carbonyl (C=O) groups is 2. The van der Waals surface area contributed by atoms with Crippen LogP contribution in [0.2, 0.25) is 0 Å². The number of hydrogen-bond donors (Lipinski definition) is 0. The van der Waals surface area contributed by atoms with Crippen LogP contribution in [0.3, 0.4) is 0 Å². The van der Waals surface area contributed by atoms with Gasteiger partial charge in [0.25, 0.3) is 0 Å². The molecular weight excluding hydrogens is 492 g/mol. The maximum absolute atomic E-state index is 14.5. The third kappa shape index (κ3) is 3.79. The quantitative estimate of drug-likeness (QED) is 0.441. The molecule has 6 aliphatic carbocycles. The molecule has 0 N–H and O–H groups in total.